The number of aryl methyl sites for hydroxylation is 1. The van der Waals surface area contributed by atoms with E-state index in [1.165, 1.54) is 9.13 Å². The summed E-state index contributed by atoms with van der Waals surface area (Å²) in [5, 5.41) is 11.2. The van der Waals surface area contributed by atoms with Gasteiger partial charge >= 0.3 is 5.69 Å². The van der Waals surface area contributed by atoms with Gasteiger partial charge in [0.15, 0.2) is 0 Å². The number of aliphatic hydroxyl groups is 1. The molecule has 1 aliphatic heterocycles. The van der Waals surface area contributed by atoms with E-state index in [1.54, 1.807) is 31.3 Å². The number of imide groups is 1. The van der Waals surface area contributed by atoms with Gasteiger partial charge in [0, 0.05) is 19.0 Å². The maximum absolute atomic E-state index is 12.6. The van der Waals surface area contributed by atoms with Gasteiger partial charge in [0.1, 0.15) is 6.04 Å². The van der Waals surface area contributed by atoms with Gasteiger partial charge in [0.05, 0.1) is 17.6 Å². The molecule has 2 N–H and O–H groups in total. The molecule has 1 atom stereocenters. The lowest BCUT2D eigenvalue weighted by Gasteiger charge is -2.21. The van der Waals surface area contributed by atoms with Crippen LogP contribution in [-0.4, -0.2) is 32.7 Å². The topological polar surface area (TPSA) is 93.3 Å². The fourth-order valence-electron chi connectivity index (χ4n) is 3.01. The summed E-state index contributed by atoms with van der Waals surface area (Å²) in [6.45, 7) is -0.0990. The number of fused-ring (bicyclic) bond motifs is 1. The third-order valence-corrected chi connectivity index (χ3v) is 4.06. The first-order chi connectivity index (χ1) is 11.0. The van der Waals surface area contributed by atoms with Gasteiger partial charge in [-0.05, 0) is 12.5 Å². The monoisotopic (exact) mass is 315 g/mol. The number of carbonyl (C=O) groups excluding carboxylic acids is 2. The quantitative estimate of drug-likeness (QED) is 0.798. The van der Waals surface area contributed by atoms with Crippen molar-refractivity contribution in [3.63, 3.8) is 0 Å². The average molecular weight is 315 g/mol. The van der Waals surface area contributed by atoms with Crippen molar-refractivity contribution < 1.29 is 14.7 Å². The molecule has 7 nitrogen and oxygen atoms in total. The lowest BCUT2D eigenvalue weighted by Crippen LogP contribution is -2.44. The highest BCUT2D eigenvalue weighted by Gasteiger charge is 2.31. The van der Waals surface area contributed by atoms with Crippen molar-refractivity contribution in [1.29, 1.82) is 0 Å². The number of hydrogen-bond acceptors (Lipinski definition) is 4. The molecule has 120 valence electrons. The highest BCUT2D eigenvalue weighted by Crippen LogP contribution is 2.25. The van der Waals surface area contributed by atoms with Crippen molar-refractivity contribution in [2.24, 2.45) is 7.05 Å². The predicted octanol–water partition coefficient (Wildman–Crippen LogP) is 0.323. The van der Waals surface area contributed by atoms with Crippen LogP contribution in [0.1, 0.15) is 24.4 Å². The number of rotatable bonds is 3. The molecule has 2 amide bonds. The standard InChI is InChI=1S/C16H17N3O4/c1-18-14-10(5-3-9-20)4-2-6-11(14)19(16(18)23)12-7-8-13(21)17-15(12)22/h2-6,12,20H,7-9H2,1H3,(H,17,21,22). The zero-order valence-electron chi connectivity index (χ0n) is 12.7. The van der Waals surface area contributed by atoms with Gasteiger partial charge in [-0.2, -0.15) is 0 Å². The van der Waals surface area contributed by atoms with Crippen LogP contribution in [0.5, 0.6) is 0 Å². The predicted molar refractivity (Wildman–Crippen MR) is 84.7 cm³/mol. The minimum atomic E-state index is -0.694. The number of piperidine rings is 1. The van der Waals surface area contributed by atoms with Crippen LogP contribution in [0.25, 0.3) is 17.1 Å². The highest BCUT2D eigenvalue weighted by molar-refractivity contribution is 6.00. The Kier molecular flexibility index (Phi) is 3.87. The van der Waals surface area contributed by atoms with E-state index in [2.05, 4.69) is 5.32 Å². The average Bonchev–Trinajstić information content (AvgIpc) is 2.78. The van der Waals surface area contributed by atoms with Crippen molar-refractivity contribution in [2.45, 2.75) is 18.9 Å². The second-order valence-electron chi connectivity index (χ2n) is 5.48. The maximum atomic E-state index is 12.6. The first-order valence-electron chi connectivity index (χ1n) is 7.35. The van der Waals surface area contributed by atoms with E-state index in [0.717, 1.165) is 5.56 Å². The number of nitrogens with zero attached hydrogens (tertiary/aromatic N) is 2. The van der Waals surface area contributed by atoms with E-state index in [9.17, 15) is 14.4 Å². The number of benzene rings is 1. The van der Waals surface area contributed by atoms with Gasteiger partial charge in [0.2, 0.25) is 11.8 Å². The first-order valence-corrected chi connectivity index (χ1v) is 7.35. The SMILES string of the molecule is Cn1c(=O)n(C2CCC(=O)NC2=O)c2cccc(C=CCO)c21. The van der Waals surface area contributed by atoms with Crippen LogP contribution in [0, 0.1) is 0 Å². The summed E-state index contributed by atoms with van der Waals surface area (Å²) in [4.78, 5) is 36.1. The Balaban J connectivity index is 2.21. The fourth-order valence-corrected chi connectivity index (χ4v) is 3.01. The molecule has 0 bridgehead atoms. The van der Waals surface area contributed by atoms with Gasteiger partial charge in [-0.1, -0.05) is 24.3 Å². The van der Waals surface area contributed by atoms with Gasteiger partial charge < -0.3 is 5.11 Å². The number of carbonyl (C=O) groups is 2. The van der Waals surface area contributed by atoms with Crippen LogP contribution < -0.4 is 11.0 Å². The zero-order chi connectivity index (χ0) is 16.6. The number of hydrogen-bond donors (Lipinski definition) is 2. The molecule has 3 rings (SSSR count). The van der Waals surface area contributed by atoms with Crippen molar-refractivity contribution in [3.05, 3.63) is 40.3 Å². The van der Waals surface area contributed by atoms with Gasteiger partial charge in [-0.3, -0.25) is 24.0 Å². The molecular weight excluding hydrogens is 298 g/mol. The van der Waals surface area contributed by atoms with Gasteiger partial charge in [-0.25, -0.2) is 4.79 Å². The van der Waals surface area contributed by atoms with E-state index in [-0.39, 0.29) is 24.6 Å². The number of amides is 2. The lowest BCUT2D eigenvalue weighted by molar-refractivity contribution is -0.135. The Bertz CT molecular complexity index is 875. The molecule has 0 saturated carbocycles. The third-order valence-electron chi connectivity index (χ3n) is 4.06. The van der Waals surface area contributed by atoms with Crippen LogP contribution in [0.15, 0.2) is 29.1 Å². The molecule has 1 aromatic heterocycles. The van der Waals surface area contributed by atoms with E-state index >= 15 is 0 Å². The lowest BCUT2D eigenvalue weighted by atomic mass is 10.1. The molecule has 1 saturated heterocycles. The van der Waals surface area contributed by atoms with Crippen molar-refractivity contribution in [3.8, 4) is 0 Å². The molecule has 0 radical (unpaired) electrons. The van der Waals surface area contributed by atoms with Crippen molar-refractivity contribution in [1.82, 2.24) is 14.5 Å². The van der Waals surface area contributed by atoms with Crippen LogP contribution in [0.4, 0.5) is 0 Å². The molecular formula is C16H17N3O4. The minimum Gasteiger partial charge on any atom is -0.392 e. The van der Waals surface area contributed by atoms with Gasteiger partial charge in [0.25, 0.3) is 0 Å². The van der Waals surface area contributed by atoms with Crippen LogP contribution in [-0.2, 0) is 16.6 Å². The van der Waals surface area contributed by atoms with Crippen molar-refractivity contribution in [2.75, 3.05) is 6.61 Å². The van der Waals surface area contributed by atoms with Gasteiger partial charge in [-0.15, -0.1) is 0 Å². The van der Waals surface area contributed by atoms with Crippen LogP contribution in [0.2, 0.25) is 0 Å². The summed E-state index contributed by atoms with van der Waals surface area (Å²) in [6.07, 6.45) is 3.84. The summed E-state index contributed by atoms with van der Waals surface area (Å²) in [5.74, 6) is -0.766. The molecule has 2 aromatic rings. The Morgan fingerprint density at radius 2 is 2.13 bits per heavy atom. The number of para-hydroxylation sites is 1. The summed E-state index contributed by atoms with van der Waals surface area (Å²) in [7, 11) is 1.64. The molecule has 23 heavy (non-hydrogen) atoms. The largest absolute Gasteiger partial charge is 0.392 e. The summed E-state index contributed by atoms with van der Waals surface area (Å²) < 4.78 is 2.92. The Morgan fingerprint density at radius 3 is 2.83 bits per heavy atom. The number of aliphatic hydroxyl groups excluding tert-OH is 1. The Hall–Kier alpha value is -2.67. The minimum absolute atomic E-state index is 0.0990. The van der Waals surface area contributed by atoms with Crippen molar-refractivity contribution >= 4 is 28.9 Å². The fraction of sp³-hybridized carbons (Fsp3) is 0.312. The van der Waals surface area contributed by atoms with E-state index in [4.69, 9.17) is 5.11 Å². The molecule has 2 heterocycles. The molecule has 7 heteroatoms. The molecule has 1 aromatic carbocycles. The number of imidazole rings is 1. The van der Waals surface area contributed by atoms with E-state index < -0.39 is 11.9 Å². The summed E-state index contributed by atoms with van der Waals surface area (Å²) in [6, 6.07) is 4.71. The molecule has 1 fully saturated rings. The van der Waals surface area contributed by atoms with Crippen LogP contribution in [0.3, 0.4) is 0 Å². The molecule has 0 aliphatic carbocycles. The number of aromatic nitrogens is 2. The normalized spacial score (nSPS) is 18.8. The summed E-state index contributed by atoms with van der Waals surface area (Å²) >= 11 is 0. The molecule has 0 spiro atoms. The third kappa shape index (κ3) is 2.49. The van der Waals surface area contributed by atoms with E-state index in [1.807, 2.05) is 6.07 Å². The maximum Gasteiger partial charge on any atom is 0.329 e. The van der Waals surface area contributed by atoms with E-state index in [0.29, 0.717) is 17.5 Å². The second-order valence-corrected chi connectivity index (χ2v) is 5.48. The summed E-state index contributed by atoms with van der Waals surface area (Å²) in [5.41, 5.74) is 1.79. The second kappa shape index (κ2) is 5.85. The Morgan fingerprint density at radius 1 is 1.35 bits per heavy atom. The first kappa shape index (κ1) is 15.2. The van der Waals surface area contributed by atoms with Crippen LogP contribution >= 0.6 is 0 Å². The molecule has 1 aliphatic rings. The molecule has 1 unspecified atom stereocenters. The highest BCUT2D eigenvalue weighted by atomic mass is 16.2. The Labute approximate surface area is 131 Å². The zero-order valence-corrected chi connectivity index (χ0v) is 12.7. The smallest absolute Gasteiger partial charge is 0.329 e. The number of nitrogens with one attached hydrogen (secondary N) is 1.